The van der Waals surface area contributed by atoms with E-state index < -0.39 is 11.1 Å². The molecule has 7 nitrogen and oxygen atoms in total. The molecule has 1 aromatic heterocycles. The summed E-state index contributed by atoms with van der Waals surface area (Å²) in [5.41, 5.74) is -0.265. The smallest absolute Gasteiger partial charge is 0.246 e. The van der Waals surface area contributed by atoms with Crippen molar-refractivity contribution in [2.75, 3.05) is 45.9 Å². The van der Waals surface area contributed by atoms with Crippen molar-refractivity contribution in [2.24, 2.45) is 0 Å². The molecule has 1 aliphatic rings. The molecule has 1 saturated heterocycles. The topological polar surface area (TPSA) is 73.2 Å². The number of methoxy groups -OCH3 is 1. The number of likely N-dealkylation sites (N-methyl/N-ethyl adjacent to an activating group) is 1. The molecular formula is C22H38N2O5. The predicted octanol–water partition coefficient (Wildman–Crippen LogP) is 3.57. The van der Waals surface area contributed by atoms with E-state index in [2.05, 4.69) is 10.2 Å². The monoisotopic (exact) mass is 410 g/mol. The molecule has 0 aliphatic carbocycles. The van der Waals surface area contributed by atoms with Crippen LogP contribution in [0.25, 0.3) is 0 Å². The number of aryl methyl sites for hydroxylation is 1. The second-order valence-electron chi connectivity index (χ2n) is 8.62. The van der Waals surface area contributed by atoms with Crippen molar-refractivity contribution in [3.05, 3.63) is 17.4 Å². The Bertz CT molecular complexity index is 662. The second-order valence-corrected chi connectivity index (χ2v) is 8.62. The first kappa shape index (κ1) is 23.9. The predicted molar refractivity (Wildman–Crippen MR) is 113 cm³/mol. The van der Waals surface area contributed by atoms with Crippen molar-refractivity contribution < 1.29 is 23.4 Å². The third-order valence-electron chi connectivity index (χ3n) is 5.94. The minimum absolute atomic E-state index is 0.0902. The summed E-state index contributed by atoms with van der Waals surface area (Å²) in [4.78, 5) is 15.2. The van der Waals surface area contributed by atoms with Crippen LogP contribution >= 0.6 is 0 Å². The van der Waals surface area contributed by atoms with Crippen molar-refractivity contribution in [1.82, 2.24) is 4.90 Å². The molecule has 0 atom stereocenters. The zero-order valence-electron chi connectivity index (χ0n) is 19.1. The van der Waals surface area contributed by atoms with Crippen LogP contribution in [0.4, 0.5) is 5.88 Å². The fraction of sp³-hybridized carbons (Fsp3) is 0.773. The van der Waals surface area contributed by atoms with Crippen LogP contribution in [0.3, 0.4) is 0 Å². The summed E-state index contributed by atoms with van der Waals surface area (Å²) in [7, 11) is 3.66. The Morgan fingerprint density at radius 2 is 1.90 bits per heavy atom. The van der Waals surface area contributed by atoms with Crippen LogP contribution in [0.5, 0.6) is 0 Å². The van der Waals surface area contributed by atoms with E-state index in [1.54, 1.807) is 7.11 Å². The molecule has 1 aliphatic heterocycles. The van der Waals surface area contributed by atoms with E-state index in [0.717, 1.165) is 37.4 Å². The minimum atomic E-state index is -0.675. The molecule has 2 rings (SSSR count). The van der Waals surface area contributed by atoms with E-state index in [-0.39, 0.29) is 5.91 Å². The van der Waals surface area contributed by atoms with Gasteiger partial charge in [-0.1, -0.05) is 6.92 Å². The number of hydrogen-bond acceptors (Lipinski definition) is 6. The van der Waals surface area contributed by atoms with Gasteiger partial charge in [0.1, 0.15) is 5.76 Å². The van der Waals surface area contributed by atoms with Crippen LogP contribution in [0.1, 0.15) is 58.8 Å². The first-order valence-corrected chi connectivity index (χ1v) is 10.5. The number of carbonyl (C=O) groups excluding carboxylic acids is 1. The summed E-state index contributed by atoms with van der Waals surface area (Å²) in [5, 5.41) is 2.98. The fourth-order valence-corrected chi connectivity index (χ4v) is 3.67. The number of amides is 1. The average Bonchev–Trinajstić information content (AvgIpc) is 3.12. The van der Waals surface area contributed by atoms with E-state index in [4.69, 9.17) is 18.6 Å². The number of furan rings is 1. The molecule has 7 heteroatoms. The largest absolute Gasteiger partial charge is 0.445 e. The molecule has 0 radical (unpaired) electrons. The van der Waals surface area contributed by atoms with Gasteiger partial charge in [-0.2, -0.15) is 0 Å². The number of anilines is 1. The van der Waals surface area contributed by atoms with Crippen LogP contribution in [0.2, 0.25) is 0 Å². The molecular weight excluding hydrogens is 372 g/mol. The maximum absolute atomic E-state index is 13.1. The van der Waals surface area contributed by atoms with Crippen LogP contribution in [0.15, 0.2) is 10.5 Å². The summed E-state index contributed by atoms with van der Waals surface area (Å²) in [6, 6.07) is 2.21. The zero-order valence-corrected chi connectivity index (χ0v) is 19.1. The van der Waals surface area contributed by atoms with Crippen molar-refractivity contribution >= 4 is 11.8 Å². The van der Waals surface area contributed by atoms with Gasteiger partial charge in [-0.15, -0.1) is 0 Å². The first-order valence-electron chi connectivity index (χ1n) is 10.5. The van der Waals surface area contributed by atoms with E-state index in [0.29, 0.717) is 31.6 Å². The Balaban J connectivity index is 2.12. The van der Waals surface area contributed by atoms with Gasteiger partial charge in [-0.25, -0.2) is 0 Å². The minimum Gasteiger partial charge on any atom is -0.445 e. The number of carbonyl (C=O) groups is 1. The van der Waals surface area contributed by atoms with Gasteiger partial charge in [0.15, 0.2) is 5.88 Å². The van der Waals surface area contributed by atoms with Crippen LogP contribution in [-0.2, 0) is 31.0 Å². The lowest BCUT2D eigenvalue weighted by Crippen LogP contribution is -2.55. The zero-order chi connectivity index (χ0) is 21.7. The maximum atomic E-state index is 13.1. The highest BCUT2D eigenvalue weighted by Gasteiger charge is 2.37. The Labute approximate surface area is 175 Å². The standard InChI is InChI=1S/C22H38N2O5/c1-8-18-17(22(4,5)28-14-13-26-7)15-19(29-18)23-20(25)21(2,3)24(6)16-9-11-27-12-10-16/h15-16H,8-14H2,1-7H3,(H,23,25). The van der Waals surface area contributed by atoms with Crippen molar-refractivity contribution in [1.29, 1.82) is 0 Å². The van der Waals surface area contributed by atoms with E-state index in [1.807, 2.05) is 47.7 Å². The molecule has 166 valence electrons. The number of hydrogen-bond donors (Lipinski definition) is 1. The highest BCUT2D eigenvalue weighted by molar-refractivity contribution is 5.96. The fourth-order valence-electron chi connectivity index (χ4n) is 3.67. The number of ether oxygens (including phenoxy) is 3. The molecule has 29 heavy (non-hydrogen) atoms. The van der Waals surface area contributed by atoms with Crippen LogP contribution in [0, 0.1) is 0 Å². The van der Waals surface area contributed by atoms with Crippen molar-refractivity contribution in [3.63, 3.8) is 0 Å². The third kappa shape index (κ3) is 5.81. The number of rotatable bonds is 10. The SMILES string of the molecule is CCc1oc(NC(=O)C(C)(C)N(C)C2CCOCC2)cc1C(C)(C)OCCOC. The summed E-state index contributed by atoms with van der Waals surface area (Å²) < 4.78 is 22.5. The highest BCUT2D eigenvalue weighted by atomic mass is 16.5. The number of nitrogens with one attached hydrogen (secondary N) is 1. The molecule has 1 amide bonds. The summed E-state index contributed by atoms with van der Waals surface area (Å²) in [5.74, 6) is 1.18. The van der Waals surface area contributed by atoms with Gasteiger partial charge in [-0.05, 0) is 47.6 Å². The van der Waals surface area contributed by atoms with Gasteiger partial charge in [0, 0.05) is 44.4 Å². The Hall–Kier alpha value is -1.41. The van der Waals surface area contributed by atoms with Crippen molar-refractivity contribution in [3.8, 4) is 0 Å². The lowest BCUT2D eigenvalue weighted by Gasteiger charge is -2.41. The molecule has 0 unspecified atom stereocenters. The van der Waals surface area contributed by atoms with Gasteiger partial charge in [0.05, 0.1) is 24.4 Å². The Kier molecular flexibility index (Phi) is 8.28. The summed E-state index contributed by atoms with van der Waals surface area (Å²) >= 11 is 0. The third-order valence-corrected chi connectivity index (χ3v) is 5.94. The highest BCUT2D eigenvalue weighted by Crippen LogP contribution is 2.33. The summed E-state index contributed by atoms with van der Waals surface area (Å²) in [6.45, 7) is 12.4. The van der Waals surface area contributed by atoms with Gasteiger partial charge >= 0.3 is 0 Å². The average molecular weight is 411 g/mol. The van der Waals surface area contributed by atoms with Gasteiger partial charge < -0.3 is 18.6 Å². The molecule has 0 bridgehead atoms. The van der Waals surface area contributed by atoms with Crippen LogP contribution in [-0.4, -0.2) is 63.0 Å². The lowest BCUT2D eigenvalue weighted by atomic mass is 9.96. The first-order chi connectivity index (χ1) is 13.6. The maximum Gasteiger partial charge on any atom is 0.246 e. The second kappa shape index (κ2) is 10.1. The lowest BCUT2D eigenvalue weighted by molar-refractivity contribution is -0.128. The Morgan fingerprint density at radius 1 is 1.24 bits per heavy atom. The molecule has 0 spiro atoms. The normalized spacial score (nSPS) is 16.4. The molecule has 0 saturated carbocycles. The van der Waals surface area contributed by atoms with Gasteiger partial charge in [0.2, 0.25) is 5.91 Å². The molecule has 0 aromatic carbocycles. The molecule has 1 aromatic rings. The Morgan fingerprint density at radius 3 is 2.48 bits per heavy atom. The van der Waals surface area contributed by atoms with Crippen LogP contribution < -0.4 is 5.32 Å². The summed E-state index contributed by atoms with van der Waals surface area (Å²) in [6.07, 6.45) is 2.59. The van der Waals surface area contributed by atoms with Crippen molar-refractivity contribution in [2.45, 2.75) is 71.1 Å². The van der Waals surface area contributed by atoms with E-state index in [9.17, 15) is 4.79 Å². The van der Waals surface area contributed by atoms with Gasteiger partial charge in [0.25, 0.3) is 0 Å². The van der Waals surface area contributed by atoms with Gasteiger partial charge in [-0.3, -0.25) is 15.0 Å². The molecule has 1 N–H and O–H groups in total. The number of nitrogens with zero attached hydrogens (tertiary/aromatic N) is 1. The van der Waals surface area contributed by atoms with E-state index in [1.165, 1.54) is 0 Å². The quantitative estimate of drug-likeness (QED) is 0.595. The molecule has 1 fully saturated rings. The molecule has 2 heterocycles. The van der Waals surface area contributed by atoms with E-state index >= 15 is 0 Å².